The molecule has 0 aliphatic heterocycles. The molecule has 102 valence electrons. The van der Waals surface area contributed by atoms with Crippen molar-refractivity contribution in [2.24, 2.45) is 0 Å². The lowest BCUT2D eigenvalue weighted by Gasteiger charge is -2.10. The summed E-state index contributed by atoms with van der Waals surface area (Å²) in [5.74, 6) is 0.195. The first kappa shape index (κ1) is 14.9. The second-order valence-electron chi connectivity index (χ2n) is 5.00. The van der Waals surface area contributed by atoms with Gasteiger partial charge in [-0.2, -0.15) is 0 Å². The van der Waals surface area contributed by atoms with E-state index in [0.29, 0.717) is 0 Å². The third-order valence-corrected chi connectivity index (χ3v) is 3.42. The van der Waals surface area contributed by atoms with Crippen molar-refractivity contribution in [2.75, 3.05) is 0 Å². The van der Waals surface area contributed by atoms with Crippen LogP contribution in [0, 0.1) is 0 Å². The van der Waals surface area contributed by atoms with Crippen LogP contribution in [0.25, 0.3) is 0 Å². The maximum absolute atomic E-state index is 9.98. The Bertz CT molecular complexity index is 323. The number of benzene rings is 1. The van der Waals surface area contributed by atoms with Crippen molar-refractivity contribution in [2.45, 2.75) is 65.2 Å². The quantitative estimate of drug-likeness (QED) is 0.524. The molecule has 1 aromatic carbocycles. The van der Waals surface area contributed by atoms with E-state index >= 15 is 0 Å². The maximum atomic E-state index is 9.98. The van der Waals surface area contributed by atoms with E-state index in [1.807, 2.05) is 12.1 Å². The normalized spacial score (nSPS) is 10.8. The Hall–Kier alpha value is -1.18. The fourth-order valence-corrected chi connectivity index (χ4v) is 2.20. The molecule has 0 aromatic heterocycles. The van der Waals surface area contributed by atoms with Crippen molar-refractivity contribution in [3.05, 3.63) is 23.3 Å². The summed E-state index contributed by atoms with van der Waals surface area (Å²) < 4.78 is 0. The molecule has 0 bridgehead atoms. The van der Waals surface area contributed by atoms with Crippen LogP contribution in [0.5, 0.6) is 11.5 Å². The van der Waals surface area contributed by atoms with Gasteiger partial charge in [0.05, 0.1) is 0 Å². The fourth-order valence-electron chi connectivity index (χ4n) is 2.20. The van der Waals surface area contributed by atoms with E-state index in [-0.39, 0.29) is 11.5 Å². The number of hydrogen-bond acceptors (Lipinski definition) is 2. The van der Waals surface area contributed by atoms with Crippen LogP contribution in [-0.4, -0.2) is 10.2 Å². The molecule has 0 spiro atoms. The lowest BCUT2D eigenvalue weighted by molar-refractivity contribution is 0.394. The van der Waals surface area contributed by atoms with Crippen LogP contribution in [0.15, 0.2) is 12.1 Å². The molecule has 1 aromatic rings. The zero-order valence-corrected chi connectivity index (χ0v) is 11.7. The average Bonchev–Trinajstić information content (AvgIpc) is 2.37. The van der Waals surface area contributed by atoms with Crippen molar-refractivity contribution in [1.29, 1.82) is 0 Å². The van der Waals surface area contributed by atoms with Crippen LogP contribution in [-0.2, 0) is 12.8 Å². The molecule has 2 nitrogen and oxygen atoms in total. The molecule has 0 fully saturated rings. The summed E-state index contributed by atoms with van der Waals surface area (Å²) in [6.07, 6.45) is 8.50. The van der Waals surface area contributed by atoms with Gasteiger partial charge < -0.3 is 10.2 Å². The second kappa shape index (κ2) is 8.02. The van der Waals surface area contributed by atoms with Crippen molar-refractivity contribution in [1.82, 2.24) is 0 Å². The lowest BCUT2D eigenvalue weighted by Crippen LogP contribution is -1.92. The highest BCUT2D eigenvalue weighted by Gasteiger charge is 2.10. The molecule has 0 saturated heterocycles. The van der Waals surface area contributed by atoms with Gasteiger partial charge in [-0.3, -0.25) is 0 Å². The van der Waals surface area contributed by atoms with Gasteiger partial charge in [0.1, 0.15) is 0 Å². The monoisotopic (exact) mass is 250 g/mol. The Balaban J connectivity index is 2.65. The summed E-state index contributed by atoms with van der Waals surface area (Å²) in [5, 5.41) is 20.0. The largest absolute Gasteiger partial charge is 0.504 e. The Morgan fingerprint density at radius 2 is 1.11 bits per heavy atom. The zero-order valence-electron chi connectivity index (χ0n) is 11.7. The molecular weight excluding hydrogens is 224 g/mol. The Morgan fingerprint density at radius 3 is 1.44 bits per heavy atom. The zero-order chi connectivity index (χ0) is 13.4. The molecule has 1 rings (SSSR count). The first-order chi connectivity index (χ1) is 8.70. The number of rotatable bonds is 8. The summed E-state index contributed by atoms with van der Waals surface area (Å²) >= 11 is 0. The number of aryl methyl sites for hydroxylation is 2. The van der Waals surface area contributed by atoms with Crippen molar-refractivity contribution in [3.8, 4) is 11.5 Å². The van der Waals surface area contributed by atoms with Gasteiger partial charge in [-0.25, -0.2) is 0 Å². The molecule has 0 aliphatic carbocycles. The van der Waals surface area contributed by atoms with Gasteiger partial charge in [0.2, 0.25) is 0 Å². The van der Waals surface area contributed by atoms with Gasteiger partial charge >= 0.3 is 0 Å². The maximum Gasteiger partial charge on any atom is 0.160 e. The number of unbranched alkanes of at least 4 members (excludes halogenated alkanes) is 4. The van der Waals surface area contributed by atoms with E-state index < -0.39 is 0 Å². The third kappa shape index (κ3) is 4.25. The SMILES string of the molecule is CCCCCc1ccc(CCCCC)c(O)c1O. The van der Waals surface area contributed by atoms with Crippen LogP contribution in [0.2, 0.25) is 0 Å². The van der Waals surface area contributed by atoms with Crippen molar-refractivity contribution in [3.63, 3.8) is 0 Å². The molecule has 18 heavy (non-hydrogen) atoms. The van der Waals surface area contributed by atoms with E-state index in [0.717, 1.165) is 36.8 Å². The smallest absolute Gasteiger partial charge is 0.160 e. The molecule has 2 N–H and O–H groups in total. The topological polar surface area (TPSA) is 40.5 Å². The molecule has 0 amide bonds. The Labute approximate surface area is 111 Å². The molecular formula is C16H26O2. The Morgan fingerprint density at radius 1 is 0.722 bits per heavy atom. The van der Waals surface area contributed by atoms with Gasteiger partial charge in [0.15, 0.2) is 11.5 Å². The van der Waals surface area contributed by atoms with Crippen molar-refractivity contribution >= 4 is 0 Å². The Kier molecular flexibility index (Phi) is 6.63. The van der Waals surface area contributed by atoms with Crippen LogP contribution in [0.1, 0.15) is 63.5 Å². The summed E-state index contributed by atoms with van der Waals surface area (Å²) in [5.41, 5.74) is 1.75. The predicted molar refractivity (Wildman–Crippen MR) is 76.2 cm³/mol. The van der Waals surface area contributed by atoms with E-state index in [2.05, 4.69) is 13.8 Å². The first-order valence-electron chi connectivity index (χ1n) is 7.23. The van der Waals surface area contributed by atoms with Gasteiger partial charge in [0, 0.05) is 0 Å². The molecule has 2 heteroatoms. The molecule has 0 radical (unpaired) electrons. The summed E-state index contributed by atoms with van der Waals surface area (Å²) in [6.45, 7) is 4.32. The minimum Gasteiger partial charge on any atom is -0.504 e. The van der Waals surface area contributed by atoms with Crippen LogP contribution < -0.4 is 0 Å². The first-order valence-corrected chi connectivity index (χ1v) is 7.23. The van der Waals surface area contributed by atoms with Gasteiger partial charge in [-0.1, -0.05) is 51.7 Å². The average molecular weight is 250 g/mol. The van der Waals surface area contributed by atoms with Crippen LogP contribution >= 0.6 is 0 Å². The number of aromatic hydroxyl groups is 2. The van der Waals surface area contributed by atoms with Crippen LogP contribution in [0.4, 0.5) is 0 Å². The minimum absolute atomic E-state index is 0.0973. The number of hydrogen-bond donors (Lipinski definition) is 2. The fraction of sp³-hybridized carbons (Fsp3) is 0.625. The molecule has 0 unspecified atom stereocenters. The van der Waals surface area contributed by atoms with Crippen molar-refractivity contribution < 1.29 is 10.2 Å². The lowest BCUT2D eigenvalue weighted by atomic mass is 10.00. The van der Waals surface area contributed by atoms with E-state index in [1.165, 1.54) is 25.7 Å². The number of phenols is 2. The molecule has 0 aliphatic rings. The second-order valence-corrected chi connectivity index (χ2v) is 5.00. The molecule has 0 saturated carbocycles. The van der Waals surface area contributed by atoms with E-state index in [1.54, 1.807) is 0 Å². The number of phenolic OH excluding ortho intramolecular Hbond substituents is 2. The molecule has 0 atom stereocenters. The minimum atomic E-state index is 0.0973. The van der Waals surface area contributed by atoms with Gasteiger partial charge in [-0.05, 0) is 36.8 Å². The van der Waals surface area contributed by atoms with Crippen LogP contribution in [0.3, 0.4) is 0 Å². The van der Waals surface area contributed by atoms with Gasteiger partial charge in [-0.15, -0.1) is 0 Å². The van der Waals surface area contributed by atoms with E-state index in [9.17, 15) is 10.2 Å². The highest BCUT2D eigenvalue weighted by Crippen LogP contribution is 2.34. The van der Waals surface area contributed by atoms with Gasteiger partial charge in [0.25, 0.3) is 0 Å². The third-order valence-electron chi connectivity index (χ3n) is 3.42. The highest BCUT2D eigenvalue weighted by molar-refractivity contribution is 5.50. The standard InChI is InChI=1S/C16H26O2/c1-3-5-7-9-13-11-12-14(10-8-6-4-2)16(18)15(13)17/h11-12,17-18H,3-10H2,1-2H3. The predicted octanol–water partition coefficient (Wildman–Crippen LogP) is 4.56. The highest BCUT2D eigenvalue weighted by atomic mass is 16.3. The summed E-state index contributed by atoms with van der Waals surface area (Å²) in [4.78, 5) is 0. The molecule has 0 heterocycles. The van der Waals surface area contributed by atoms with E-state index in [4.69, 9.17) is 0 Å². The summed E-state index contributed by atoms with van der Waals surface area (Å²) in [7, 11) is 0. The summed E-state index contributed by atoms with van der Waals surface area (Å²) in [6, 6.07) is 3.93.